The smallest absolute Gasteiger partial charge is 0.338 e. The third-order valence-corrected chi connectivity index (χ3v) is 5.71. The molecule has 10 heteroatoms. The number of hydrogen-bond acceptors (Lipinski definition) is 8. The zero-order valence-electron chi connectivity index (χ0n) is 16.6. The van der Waals surface area contributed by atoms with Crippen LogP contribution in [-0.4, -0.2) is 22.1 Å². The fraction of sp³-hybridized carbons (Fsp3) is 0.190. The van der Waals surface area contributed by atoms with E-state index in [9.17, 15) is 19.7 Å². The van der Waals surface area contributed by atoms with Gasteiger partial charge < -0.3 is 9.15 Å². The predicted octanol–water partition coefficient (Wildman–Crippen LogP) is 2.30. The summed E-state index contributed by atoms with van der Waals surface area (Å²) in [6.07, 6.45) is 3.11. The molecule has 0 fully saturated rings. The first-order valence-electron chi connectivity index (χ1n) is 9.38. The Balaban J connectivity index is 1.88. The van der Waals surface area contributed by atoms with Gasteiger partial charge in [-0.3, -0.25) is 19.5 Å². The highest BCUT2D eigenvalue weighted by atomic mass is 32.1. The maximum absolute atomic E-state index is 13.3. The number of thiazole rings is 1. The summed E-state index contributed by atoms with van der Waals surface area (Å²) in [7, 11) is 0. The summed E-state index contributed by atoms with van der Waals surface area (Å²) in [6, 6.07) is 8.45. The molecule has 0 saturated heterocycles. The molecule has 1 aliphatic rings. The van der Waals surface area contributed by atoms with Gasteiger partial charge in [-0.15, -0.1) is 0 Å². The van der Waals surface area contributed by atoms with Gasteiger partial charge in [0.2, 0.25) is 0 Å². The maximum Gasteiger partial charge on any atom is 0.338 e. The quantitative estimate of drug-likeness (QED) is 0.342. The van der Waals surface area contributed by atoms with E-state index in [0.717, 1.165) is 0 Å². The first-order chi connectivity index (χ1) is 14.9. The number of aromatic nitrogens is 1. The summed E-state index contributed by atoms with van der Waals surface area (Å²) >= 11 is 1.17. The number of non-ortho nitro benzene ring substituents is 1. The van der Waals surface area contributed by atoms with E-state index in [-0.39, 0.29) is 23.4 Å². The SMILES string of the molecule is CCOC(=O)C1=C(C)N=c2sc(=Cc3ccc([N+](=O)[O-])cc3)c(=O)n2C1c1ccco1. The number of furan rings is 1. The monoisotopic (exact) mass is 439 g/mol. The van der Waals surface area contributed by atoms with E-state index < -0.39 is 16.9 Å². The van der Waals surface area contributed by atoms with Crippen LogP contribution in [0.2, 0.25) is 0 Å². The van der Waals surface area contributed by atoms with Gasteiger partial charge in [0.05, 0.1) is 33.6 Å². The summed E-state index contributed by atoms with van der Waals surface area (Å²) in [5.74, 6) is -0.143. The van der Waals surface area contributed by atoms with Crippen molar-refractivity contribution in [3.8, 4) is 0 Å². The van der Waals surface area contributed by atoms with E-state index in [1.165, 1.54) is 34.3 Å². The van der Waals surface area contributed by atoms with E-state index in [1.807, 2.05) is 0 Å². The number of carbonyl (C=O) groups excluding carboxylic acids is 1. The lowest BCUT2D eigenvalue weighted by Gasteiger charge is -2.22. The van der Waals surface area contributed by atoms with E-state index in [4.69, 9.17) is 9.15 Å². The topological polar surface area (TPSA) is 117 Å². The Kier molecular flexibility index (Phi) is 5.38. The molecule has 1 atom stereocenters. The Hall–Kier alpha value is -3.79. The third kappa shape index (κ3) is 3.73. The summed E-state index contributed by atoms with van der Waals surface area (Å²) in [5, 5.41) is 10.8. The lowest BCUT2D eigenvalue weighted by Crippen LogP contribution is -2.39. The second-order valence-corrected chi connectivity index (χ2v) is 7.68. The Morgan fingerprint density at radius 3 is 2.71 bits per heavy atom. The van der Waals surface area contributed by atoms with Crippen LogP contribution < -0.4 is 14.9 Å². The first kappa shape index (κ1) is 20.5. The highest BCUT2D eigenvalue weighted by Crippen LogP contribution is 2.30. The summed E-state index contributed by atoms with van der Waals surface area (Å²) in [6.45, 7) is 3.58. The van der Waals surface area contributed by atoms with Crippen LogP contribution in [0.5, 0.6) is 0 Å². The minimum Gasteiger partial charge on any atom is -0.467 e. The van der Waals surface area contributed by atoms with Crippen molar-refractivity contribution in [2.45, 2.75) is 19.9 Å². The minimum atomic E-state index is -0.802. The van der Waals surface area contributed by atoms with E-state index in [2.05, 4.69) is 4.99 Å². The lowest BCUT2D eigenvalue weighted by molar-refractivity contribution is -0.384. The standard InChI is InChI=1S/C21H17N3O6S/c1-3-29-20(26)17-12(2)22-21-23(18(17)15-5-4-10-30-15)19(25)16(31-21)11-13-6-8-14(9-7-13)24(27)28/h4-11,18H,3H2,1-2H3. The van der Waals surface area contributed by atoms with Crippen LogP contribution in [0.1, 0.15) is 31.2 Å². The molecule has 9 nitrogen and oxygen atoms in total. The van der Waals surface area contributed by atoms with Crippen LogP contribution in [0, 0.1) is 10.1 Å². The second-order valence-electron chi connectivity index (χ2n) is 6.67. The number of fused-ring (bicyclic) bond motifs is 1. The second kappa shape index (κ2) is 8.15. The molecule has 158 valence electrons. The highest BCUT2D eigenvalue weighted by molar-refractivity contribution is 7.07. The van der Waals surface area contributed by atoms with Gasteiger partial charge in [-0.25, -0.2) is 9.79 Å². The Labute approximate surface area is 179 Å². The van der Waals surface area contributed by atoms with Gasteiger partial charge in [-0.2, -0.15) is 0 Å². The van der Waals surface area contributed by atoms with Gasteiger partial charge in [0.1, 0.15) is 11.8 Å². The molecule has 1 unspecified atom stereocenters. The van der Waals surface area contributed by atoms with Crippen LogP contribution in [0.15, 0.2) is 68.1 Å². The van der Waals surface area contributed by atoms with Crippen molar-refractivity contribution in [3.05, 3.63) is 95.1 Å². The zero-order chi connectivity index (χ0) is 22.1. The largest absolute Gasteiger partial charge is 0.467 e. The summed E-state index contributed by atoms with van der Waals surface area (Å²) < 4.78 is 12.5. The zero-order valence-corrected chi connectivity index (χ0v) is 17.4. The number of esters is 1. The number of nitrogens with zero attached hydrogens (tertiary/aromatic N) is 3. The van der Waals surface area contributed by atoms with Gasteiger partial charge in [-0.05, 0) is 49.8 Å². The van der Waals surface area contributed by atoms with Crippen LogP contribution in [-0.2, 0) is 9.53 Å². The fourth-order valence-electron chi connectivity index (χ4n) is 3.35. The fourth-order valence-corrected chi connectivity index (χ4v) is 4.40. The summed E-state index contributed by atoms with van der Waals surface area (Å²) in [5.41, 5.74) is 0.935. The van der Waals surface area contributed by atoms with Crippen molar-refractivity contribution in [2.75, 3.05) is 6.61 Å². The number of ether oxygens (including phenoxy) is 1. The Bertz CT molecular complexity index is 1360. The Morgan fingerprint density at radius 2 is 2.10 bits per heavy atom. The molecule has 2 aromatic heterocycles. The first-order valence-corrected chi connectivity index (χ1v) is 10.2. The van der Waals surface area contributed by atoms with Gasteiger partial charge in [0, 0.05) is 12.1 Å². The molecule has 0 amide bonds. The molecule has 4 rings (SSSR count). The molecule has 0 aliphatic carbocycles. The third-order valence-electron chi connectivity index (χ3n) is 4.73. The van der Waals surface area contributed by atoms with E-state index >= 15 is 0 Å². The molecule has 0 bridgehead atoms. The van der Waals surface area contributed by atoms with Gasteiger partial charge in [0.15, 0.2) is 4.80 Å². The molecule has 3 heterocycles. The summed E-state index contributed by atoms with van der Waals surface area (Å²) in [4.78, 5) is 41.2. The molecule has 0 spiro atoms. The number of nitro benzene ring substituents is 1. The van der Waals surface area contributed by atoms with Crippen molar-refractivity contribution in [3.63, 3.8) is 0 Å². The minimum absolute atomic E-state index is 0.0360. The van der Waals surface area contributed by atoms with Crippen molar-refractivity contribution < 1.29 is 18.9 Å². The molecule has 0 saturated carbocycles. The Morgan fingerprint density at radius 1 is 1.35 bits per heavy atom. The number of hydrogen-bond donors (Lipinski definition) is 0. The van der Waals surface area contributed by atoms with Gasteiger partial charge >= 0.3 is 5.97 Å². The van der Waals surface area contributed by atoms with Crippen LogP contribution in [0.25, 0.3) is 6.08 Å². The number of benzene rings is 1. The molecular weight excluding hydrogens is 422 g/mol. The van der Waals surface area contributed by atoms with E-state index in [0.29, 0.717) is 26.4 Å². The number of carbonyl (C=O) groups is 1. The van der Waals surface area contributed by atoms with Crippen LogP contribution in [0.3, 0.4) is 0 Å². The lowest BCUT2D eigenvalue weighted by atomic mass is 10.0. The molecule has 1 aromatic carbocycles. The van der Waals surface area contributed by atoms with Crippen molar-refractivity contribution >= 4 is 29.1 Å². The average Bonchev–Trinajstić information content (AvgIpc) is 3.36. The molecule has 31 heavy (non-hydrogen) atoms. The number of rotatable bonds is 5. The molecule has 3 aromatic rings. The predicted molar refractivity (Wildman–Crippen MR) is 112 cm³/mol. The van der Waals surface area contributed by atoms with Crippen LogP contribution in [0.4, 0.5) is 5.69 Å². The molecule has 1 aliphatic heterocycles. The maximum atomic E-state index is 13.3. The van der Waals surface area contributed by atoms with Crippen LogP contribution >= 0.6 is 11.3 Å². The van der Waals surface area contributed by atoms with Crippen molar-refractivity contribution in [1.82, 2.24) is 4.57 Å². The normalized spacial score (nSPS) is 16.1. The van der Waals surface area contributed by atoms with Crippen molar-refractivity contribution in [2.24, 2.45) is 4.99 Å². The van der Waals surface area contributed by atoms with E-state index in [1.54, 1.807) is 44.2 Å². The van der Waals surface area contributed by atoms with Crippen molar-refractivity contribution in [1.29, 1.82) is 0 Å². The number of nitro groups is 1. The van der Waals surface area contributed by atoms with Gasteiger partial charge in [-0.1, -0.05) is 11.3 Å². The molecule has 0 radical (unpaired) electrons. The van der Waals surface area contributed by atoms with Gasteiger partial charge in [0.25, 0.3) is 11.2 Å². The average molecular weight is 439 g/mol. The molecule has 0 N–H and O–H groups in total. The highest BCUT2D eigenvalue weighted by Gasteiger charge is 2.34. The number of allylic oxidation sites excluding steroid dienone is 1. The molecular formula is C21H17N3O6S.